The summed E-state index contributed by atoms with van der Waals surface area (Å²) in [4.78, 5) is 21.2. The summed E-state index contributed by atoms with van der Waals surface area (Å²) < 4.78 is 0. The summed E-state index contributed by atoms with van der Waals surface area (Å²) >= 11 is 0. The van der Waals surface area contributed by atoms with E-state index in [0.29, 0.717) is 17.4 Å². The van der Waals surface area contributed by atoms with E-state index in [1.54, 1.807) is 6.20 Å². The van der Waals surface area contributed by atoms with Gasteiger partial charge in [-0.2, -0.15) is 0 Å². The van der Waals surface area contributed by atoms with Crippen molar-refractivity contribution >= 4 is 17.4 Å². The van der Waals surface area contributed by atoms with Crippen molar-refractivity contribution in [1.29, 1.82) is 0 Å². The highest BCUT2D eigenvalue weighted by Crippen LogP contribution is 2.28. The Morgan fingerprint density at radius 2 is 1.83 bits per heavy atom. The molecule has 3 heterocycles. The van der Waals surface area contributed by atoms with Crippen LogP contribution >= 0.6 is 0 Å². The predicted octanol–water partition coefficient (Wildman–Crippen LogP) is 2.14. The molecule has 5 heteroatoms. The normalized spacial score (nSPS) is 22.5. The van der Waals surface area contributed by atoms with E-state index < -0.39 is 0 Å². The summed E-state index contributed by atoms with van der Waals surface area (Å²) in [5.74, 6) is 2.17. The average Bonchev–Trinajstić information content (AvgIpc) is 3.23. The number of aromatic nitrogens is 1. The first-order valence-corrected chi connectivity index (χ1v) is 8.47. The Bertz CT molecular complexity index is 704. The fourth-order valence-electron chi connectivity index (χ4n) is 3.70. The van der Waals surface area contributed by atoms with Gasteiger partial charge in [0.1, 0.15) is 5.82 Å². The lowest BCUT2D eigenvalue weighted by molar-refractivity contribution is 0.0781. The molecule has 124 valence electrons. The molecule has 1 aromatic heterocycles. The van der Waals surface area contributed by atoms with E-state index in [4.69, 9.17) is 0 Å². The minimum absolute atomic E-state index is 0.103. The number of pyridine rings is 1. The van der Waals surface area contributed by atoms with E-state index in [1.165, 1.54) is 0 Å². The van der Waals surface area contributed by atoms with Crippen molar-refractivity contribution in [2.24, 2.45) is 11.8 Å². The molecule has 0 radical (unpaired) electrons. The summed E-state index contributed by atoms with van der Waals surface area (Å²) in [5.41, 5.74) is 1.75. The van der Waals surface area contributed by atoms with Crippen LogP contribution in [0.2, 0.25) is 0 Å². The number of hydrogen-bond donors (Lipinski definition) is 1. The molecule has 0 aliphatic carbocycles. The molecule has 1 amide bonds. The third-order valence-corrected chi connectivity index (χ3v) is 5.16. The van der Waals surface area contributed by atoms with Crippen LogP contribution in [-0.4, -0.2) is 49.0 Å². The van der Waals surface area contributed by atoms with E-state index in [-0.39, 0.29) is 5.91 Å². The molecule has 4 rings (SSSR count). The van der Waals surface area contributed by atoms with Crippen molar-refractivity contribution in [1.82, 2.24) is 15.2 Å². The molecule has 2 atom stereocenters. The number of nitrogens with one attached hydrogen (secondary N) is 1. The molecular weight excluding hydrogens is 300 g/mol. The number of amides is 1. The van der Waals surface area contributed by atoms with Crippen LogP contribution in [0.5, 0.6) is 0 Å². The Morgan fingerprint density at radius 1 is 1.12 bits per heavy atom. The third-order valence-electron chi connectivity index (χ3n) is 5.16. The van der Waals surface area contributed by atoms with Gasteiger partial charge in [0.05, 0.1) is 5.56 Å². The van der Waals surface area contributed by atoms with Crippen LogP contribution < -0.4 is 10.2 Å². The maximum atomic E-state index is 12.7. The lowest BCUT2D eigenvalue weighted by Crippen LogP contribution is -2.32. The quantitative estimate of drug-likeness (QED) is 0.940. The summed E-state index contributed by atoms with van der Waals surface area (Å²) in [7, 11) is 1.98. The first-order valence-electron chi connectivity index (χ1n) is 8.47. The van der Waals surface area contributed by atoms with E-state index in [0.717, 1.165) is 37.7 Å². The van der Waals surface area contributed by atoms with Gasteiger partial charge in [-0.1, -0.05) is 18.2 Å². The summed E-state index contributed by atoms with van der Waals surface area (Å²) in [6, 6.07) is 13.9. The van der Waals surface area contributed by atoms with Gasteiger partial charge in [-0.3, -0.25) is 4.79 Å². The minimum atomic E-state index is 0.103. The fourth-order valence-corrected chi connectivity index (χ4v) is 3.70. The van der Waals surface area contributed by atoms with E-state index in [2.05, 4.69) is 10.3 Å². The SMILES string of the molecule is CN(c1ccccc1)c1ccc(C(=O)N2C[C@H]3CNC[C@H]3C2)cn1. The summed E-state index contributed by atoms with van der Waals surface area (Å²) in [6.45, 7) is 3.80. The van der Waals surface area contributed by atoms with Gasteiger partial charge in [-0.05, 0) is 36.1 Å². The Balaban J connectivity index is 1.47. The van der Waals surface area contributed by atoms with Crippen LogP contribution in [0.15, 0.2) is 48.7 Å². The zero-order chi connectivity index (χ0) is 16.5. The molecular formula is C19H22N4O. The second kappa shape index (κ2) is 6.24. The lowest BCUT2D eigenvalue weighted by Gasteiger charge is -2.20. The number of carbonyl (C=O) groups excluding carboxylic acids is 1. The monoisotopic (exact) mass is 322 g/mol. The molecule has 2 fully saturated rings. The van der Waals surface area contributed by atoms with Crippen LogP contribution in [-0.2, 0) is 0 Å². The van der Waals surface area contributed by atoms with Gasteiger partial charge in [0.15, 0.2) is 0 Å². The minimum Gasteiger partial charge on any atom is -0.338 e. The van der Waals surface area contributed by atoms with Crippen molar-refractivity contribution < 1.29 is 4.79 Å². The van der Waals surface area contributed by atoms with Crippen LogP contribution in [0.1, 0.15) is 10.4 Å². The van der Waals surface area contributed by atoms with Gasteiger partial charge < -0.3 is 15.1 Å². The van der Waals surface area contributed by atoms with Crippen molar-refractivity contribution in [2.45, 2.75) is 0 Å². The molecule has 1 aromatic carbocycles. The zero-order valence-electron chi connectivity index (χ0n) is 13.9. The topological polar surface area (TPSA) is 48.5 Å². The number of benzene rings is 1. The number of para-hydroxylation sites is 1. The standard InChI is InChI=1S/C19H22N4O/c1-22(17-5-3-2-4-6-17)18-8-7-14(11-21-18)19(24)23-12-15-9-20-10-16(15)13-23/h2-8,11,15-16,20H,9-10,12-13H2,1H3/t15-,16+. The van der Waals surface area contributed by atoms with Gasteiger partial charge in [-0.25, -0.2) is 4.98 Å². The predicted molar refractivity (Wildman–Crippen MR) is 94.5 cm³/mol. The molecule has 0 saturated carbocycles. The zero-order valence-corrected chi connectivity index (χ0v) is 13.9. The lowest BCUT2D eigenvalue weighted by atomic mass is 10.0. The molecule has 1 N–H and O–H groups in total. The van der Waals surface area contributed by atoms with Gasteiger partial charge in [0.2, 0.25) is 0 Å². The van der Waals surface area contributed by atoms with Crippen molar-refractivity contribution in [3.8, 4) is 0 Å². The van der Waals surface area contributed by atoms with Gasteiger partial charge in [0.25, 0.3) is 5.91 Å². The number of anilines is 2. The Hall–Kier alpha value is -2.40. The Kier molecular flexibility index (Phi) is 3.94. The smallest absolute Gasteiger partial charge is 0.255 e. The Morgan fingerprint density at radius 3 is 2.46 bits per heavy atom. The van der Waals surface area contributed by atoms with E-state index in [1.807, 2.05) is 59.3 Å². The van der Waals surface area contributed by atoms with Crippen LogP contribution in [0.4, 0.5) is 11.5 Å². The molecule has 24 heavy (non-hydrogen) atoms. The van der Waals surface area contributed by atoms with Gasteiger partial charge in [0, 0.05) is 45.1 Å². The molecule has 0 bridgehead atoms. The van der Waals surface area contributed by atoms with Crippen molar-refractivity contribution in [3.63, 3.8) is 0 Å². The summed E-state index contributed by atoms with van der Waals surface area (Å²) in [5, 5.41) is 3.40. The molecule has 0 unspecified atom stereocenters. The van der Waals surface area contributed by atoms with Gasteiger partial charge in [-0.15, -0.1) is 0 Å². The van der Waals surface area contributed by atoms with Crippen LogP contribution in [0.3, 0.4) is 0 Å². The second-order valence-corrected chi connectivity index (χ2v) is 6.69. The molecule has 2 aromatic rings. The number of likely N-dealkylation sites (tertiary alicyclic amines) is 1. The number of carbonyl (C=O) groups is 1. The highest BCUT2D eigenvalue weighted by atomic mass is 16.2. The largest absolute Gasteiger partial charge is 0.338 e. The number of nitrogens with zero attached hydrogens (tertiary/aromatic N) is 3. The number of fused-ring (bicyclic) bond motifs is 1. The number of hydrogen-bond acceptors (Lipinski definition) is 4. The molecule has 2 aliphatic rings. The summed E-state index contributed by atoms with van der Waals surface area (Å²) in [6.07, 6.45) is 1.70. The van der Waals surface area contributed by atoms with Crippen LogP contribution in [0.25, 0.3) is 0 Å². The van der Waals surface area contributed by atoms with E-state index >= 15 is 0 Å². The molecule has 5 nitrogen and oxygen atoms in total. The third kappa shape index (κ3) is 2.76. The van der Waals surface area contributed by atoms with Gasteiger partial charge >= 0.3 is 0 Å². The first-order chi connectivity index (χ1) is 11.7. The molecule has 2 aliphatic heterocycles. The highest BCUT2D eigenvalue weighted by molar-refractivity contribution is 5.94. The number of rotatable bonds is 3. The van der Waals surface area contributed by atoms with E-state index in [9.17, 15) is 4.79 Å². The average molecular weight is 322 g/mol. The molecule has 2 saturated heterocycles. The Labute approximate surface area is 142 Å². The second-order valence-electron chi connectivity index (χ2n) is 6.69. The van der Waals surface area contributed by atoms with Crippen molar-refractivity contribution in [3.05, 3.63) is 54.2 Å². The molecule has 0 spiro atoms. The fraction of sp³-hybridized carbons (Fsp3) is 0.368. The highest BCUT2D eigenvalue weighted by Gasteiger charge is 2.38. The first kappa shape index (κ1) is 15.1. The maximum Gasteiger partial charge on any atom is 0.255 e. The van der Waals surface area contributed by atoms with Crippen molar-refractivity contribution in [2.75, 3.05) is 38.1 Å². The van der Waals surface area contributed by atoms with Crippen LogP contribution in [0, 0.1) is 11.8 Å². The maximum absolute atomic E-state index is 12.7.